The highest BCUT2D eigenvalue weighted by Gasteiger charge is 2.53. The van der Waals surface area contributed by atoms with E-state index in [-0.39, 0.29) is 10.6 Å². The molecule has 0 bridgehead atoms. The lowest BCUT2D eigenvalue weighted by Crippen LogP contribution is -2.36. The van der Waals surface area contributed by atoms with Crippen LogP contribution in [0.1, 0.15) is 11.7 Å². The fraction of sp³-hybridized carbons (Fsp3) is 0.143. The summed E-state index contributed by atoms with van der Waals surface area (Å²) in [6.07, 6.45) is -2.56. The molecule has 7 heteroatoms. The highest BCUT2D eigenvalue weighted by Crippen LogP contribution is 2.41. The third-order valence-electron chi connectivity index (χ3n) is 2.93. The Morgan fingerprint density at radius 1 is 1.00 bits per heavy atom. The first kappa shape index (κ1) is 15.9. The maximum absolute atomic E-state index is 14.2. The van der Waals surface area contributed by atoms with Crippen LogP contribution in [0.3, 0.4) is 0 Å². The molecule has 3 nitrogen and oxygen atoms in total. The summed E-state index contributed by atoms with van der Waals surface area (Å²) in [6.45, 7) is 0. The zero-order valence-corrected chi connectivity index (χ0v) is 12.2. The van der Waals surface area contributed by atoms with Gasteiger partial charge in [0.1, 0.15) is 0 Å². The molecular weight excluding hydrogens is 322 g/mol. The standard InChI is InChI=1S/C14H11ClF2O3S/c15-12-9-5-4-8-11(12)13(18)14(16,17)21(19,20)10-6-2-1-3-7-10/h1-9,13,18H. The van der Waals surface area contributed by atoms with Gasteiger partial charge >= 0.3 is 5.25 Å². The highest BCUT2D eigenvalue weighted by molar-refractivity contribution is 7.92. The molecule has 1 atom stereocenters. The lowest BCUT2D eigenvalue weighted by molar-refractivity contribution is -0.0434. The molecule has 21 heavy (non-hydrogen) atoms. The summed E-state index contributed by atoms with van der Waals surface area (Å²) in [4.78, 5) is -0.568. The van der Waals surface area contributed by atoms with Gasteiger partial charge in [-0.1, -0.05) is 48.0 Å². The molecule has 1 unspecified atom stereocenters. The molecule has 0 fully saturated rings. The van der Waals surface area contributed by atoms with Crippen LogP contribution in [-0.2, 0) is 9.84 Å². The van der Waals surface area contributed by atoms with Crippen molar-refractivity contribution >= 4 is 21.4 Å². The van der Waals surface area contributed by atoms with Crippen molar-refractivity contribution in [3.05, 3.63) is 65.2 Å². The molecule has 0 heterocycles. The van der Waals surface area contributed by atoms with Crippen LogP contribution in [0.25, 0.3) is 0 Å². The third-order valence-corrected chi connectivity index (χ3v) is 5.11. The van der Waals surface area contributed by atoms with E-state index in [0.717, 1.165) is 18.2 Å². The van der Waals surface area contributed by atoms with Gasteiger partial charge < -0.3 is 5.11 Å². The second-order valence-corrected chi connectivity index (χ2v) is 6.73. The van der Waals surface area contributed by atoms with E-state index in [1.165, 1.54) is 36.4 Å². The van der Waals surface area contributed by atoms with Crippen molar-refractivity contribution < 1.29 is 22.3 Å². The fourth-order valence-electron chi connectivity index (χ4n) is 1.78. The molecule has 0 saturated heterocycles. The van der Waals surface area contributed by atoms with Crippen LogP contribution >= 0.6 is 11.6 Å². The van der Waals surface area contributed by atoms with Crippen LogP contribution in [0.5, 0.6) is 0 Å². The summed E-state index contributed by atoms with van der Waals surface area (Å²) in [5, 5.41) is 5.28. The average Bonchev–Trinajstić information content (AvgIpc) is 2.47. The molecule has 0 radical (unpaired) electrons. The molecule has 0 spiro atoms. The lowest BCUT2D eigenvalue weighted by atomic mass is 10.1. The molecule has 0 aromatic heterocycles. The quantitative estimate of drug-likeness (QED) is 0.933. The Balaban J connectivity index is 2.49. The van der Waals surface area contributed by atoms with Crippen molar-refractivity contribution in [3.8, 4) is 0 Å². The van der Waals surface area contributed by atoms with Crippen LogP contribution < -0.4 is 0 Å². The molecule has 0 aliphatic heterocycles. The number of sulfone groups is 1. The molecule has 2 aromatic carbocycles. The van der Waals surface area contributed by atoms with Gasteiger partial charge in [0.15, 0.2) is 6.10 Å². The Kier molecular flexibility index (Phi) is 4.32. The number of alkyl halides is 2. The van der Waals surface area contributed by atoms with Crippen LogP contribution in [0.2, 0.25) is 5.02 Å². The van der Waals surface area contributed by atoms with Crippen molar-refractivity contribution in [2.24, 2.45) is 0 Å². The van der Waals surface area contributed by atoms with Gasteiger partial charge in [0.2, 0.25) is 9.84 Å². The van der Waals surface area contributed by atoms with Gasteiger partial charge in [-0.15, -0.1) is 0 Å². The molecule has 0 saturated carbocycles. The van der Waals surface area contributed by atoms with Crippen LogP contribution in [0.15, 0.2) is 59.5 Å². The van der Waals surface area contributed by atoms with E-state index in [0.29, 0.717) is 0 Å². The smallest absolute Gasteiger partial charge is 0.379 e. The zero-order valence-electron chi connectivity index (χ0n) is 10.6. The Labute approximate surface area is 125 Å². The predicted octanol–water partition coefficient (Wildman–Crippen LogP) is 3.44. The van der Waals surface area contributed by atoms with Crippen LogP contribution in [0.4, 0.5) is 8.78 Å². The molecular formula is C14H11ClF2O3S. The first-order valence-electron chi connectivity index (χ1n) is 5.88. The van der Waals surface area contributed by atoms with Gasteiger partial charge in [0.25, 0.3) is 0 Å². The molecule has 2 aromatic rings. The van der Waals surface area contributed by atoms with Gasteiger partial charge in [-0.05, 0) is 18.2 Å². The van der Waals surface area contributed by atoms with E-state index >= 15 is 0 Å². The molecule has 2 rings (SSSR count). The first-order chi connectivity index (χ1) is 9.78. The summed E-state index contributed by atoms with van der Waals surface area (Å²) >= 11 is 5.73. The van der Waals surface area contributed by atoms with Crippen molar-refractivity contribution in [2.45, 2.75) is 16.3 Å². The number of hydrogen-bond donors (Lipinski definition) is 1. The summed E-state index contributed by atoms with van der Waals surface area (Å²) in [6, 6.07) is 11.6. The number of rotatable bonds is 4. The minimum absolute atomic E-state index is 0.132. The third kappa shape index (κ3) is 2.79. The van der Waals surface area contributed by atoms with E-state index in [1.54, 1.807) is 0 Å². The summed E-state index contributed by atoms with van der Waals surface area (Å²) < 4.78 is 52.6. The van der Waals surface area contributed by atoms with E-state index in [9.17, 15) is 22.3 Å². The number of hydrogen-bond acceptors (Lipinski definition) is 3. The zero-order chi connectivity index (χ0) is 15.7. The van der Waals surface area contributed by atoms with Crippen LogP contribution in [-0.4, -0.2) is 18.8 Å². The average molecular weight is 333 g/mol. The first-order valence-corrected chi connectivity index (χ1v) is 7.74. The summed E-state index contributed by atoms with van der Waals surface area (Å²) in [7, 11) is -5.04. The minimum atomic E-state index is -5.04. The maximum atomic E-state index is 14.2. The fourth-order valence-corrected chi connectivity index (χ4v) is 3.27. The Hall–Kier alpha value is -1.50. The van der Waals surface area contributed by atoms with Gasteiger partial charge in [0, 0.05) is 10.6 Å². The topological polar surface area (TPSA) is 54.4 Å². The maximum Gasteiger partial charge on any atom is 0.379 e. The van der Waals surface area contributed by atoms with Gasteiger partial charge in [0.05, 0.1) is 4.90 Å². The minimum Gasteiger partial charge on any atom is -0.381 e. The molecule has 0 aliphatic carbocycles. The second kappa shape index (κ2) is 5.71. The molecule has 0 amide bonds. The summed E-state index contributed by atoms with van der Waals surface area (Å²) in [5.41, 5.74) is -0.344. The number of benzene rings is 2. The number of halogens is 3. The Bertz CT molecular complexity index is 733. The Morgan fingerprint density at radius 3 is 2.10 bits per heavy atom. The van der Waals surface area contributed by atoms with Crippen molar-refractivity contribution in [1.82, 2.24) is 0 Å². The highest BCUT2D eigenvalue weighted by atomic mass is 35.5. The molecule has 0 aliphatic rings. The predicted molar refractivity (Wildman–Crippen MR) is 75.0 cm³/mol. The van der Waals surface area contributed by atoms with Crippen molar-refractivity contribution in [3.63, 3.8) is 0 Å². The van der Waals surface area contributed by atoms with E-state index in [2.05, 4.69) is 0 Å². The molecule has 1 N–H and O–H groups in total. The second-order valence-electron chi connectivity index (χ2n) is 4.30. The largest absolute Gasteiger partial charge is 0.381 e. The number of aliphatic hydroxyl groups excluding tert-OH is 1. The van der Waals surface area contributed by atoms with Gasteiger partial charge in [-0.25, -0.2) is 8.42 Å². The van der Waals surface area contributed by atoms with E-state index in [1.807, 2.05) is 0 Å². The van der Waals surface area contributed by atoms with Gasteiger partial charge in [-0.3, -0.25) is 0 Å². The number of aliphatic hydroxyl groups is 1. The van der Waals surface area contributed by atoms with Crippen LogP contribution in [0, 0.1) is 0 Å². The Morgan fingerprint density at radius 2 is 1.52 bits per heavy atom. The SMILES string of the molecule is O=S(=O)(c1ccccc1)C(F)(F)C(O)c1ccccc1Cl. The van der Waals surface area contributed by atoms with Crippen molar-refractivity contribution in [1.29, 1.82) is 0 Å². The summed E-state index contributed by atoms with van der Waals surface area (Å²) in [5.74, 6) is 0. The lowest BCUT2D eigenvalue weighted by Gasteiger charge is -2.23. The monoisotopic (exact) mass is 332 g/mol. The van der Waals surface area contributed by atoms with Crippen molar-refractivity contribution in [2.75, 3.05) is 0 Å². The normalized spacial score (nSPS) is 13.9. The van der Waals surface area contributed by atoms with Gasteiger partial charge in [-0.2, -0.15) is 8.78 Å². The van der Waals surface area contributed by atoms with E-state index < -0.39 is 26.1 Å². The molecule has 112 valence electrons. The van der Waals surface area contributed by atoms with E-state index in [4.69, 9.17) is 11.6 Å².